The first kappa shape index (κ1) is 23.5. The van der Waals surface area contributed by atoms with Crippen LogP contribution < -0.4 is 15.8 Å². The highest BCUT2D eigenvalue weighted by atomic mass is 35.5. The summed E-state index contributed by atoms with van der Waals surface area (Å²) in [4.78, 5) is 23.8. The van der Waals surface area contributed by atoms with Gasteiger partial charge in [0.15, 0.2) is 6.04 Å². The number of carboxylic acids is 1. The first-order chi connectivity index (χ1) is 14.0. The maximum Gasteiger partial charge on any atom is 0.573 e. The van der Waals surface area contributed by atoms with Crippen molar-refractivity contribution in [2.75, 3.05) is 0 Å². The lowest BCUT2D eigenvalue weighted by molar-refractivity contribution is -0.274. The van der Waals surface area contributed by atoms with Gasteiger partial charge in [-0.3, -0.25) is 4.79 Å². The Morgan fingerprint density at radius 3 is 2.37 bits per heavy atom. The number of halogens is 4. The summed E-state index contributed by atoms with van der Waals surface area (Å²) in [5, 5.41) is 22.1. The molecular weight excluding hydrogens is 429 g/mol. The lowest BCUT2D eigenvalue weighted by atomic mass is 10.0. The molecule has 0 bridgehead atoms. The Hall–Kier alpha value is -2.82. The number of ether oxygens (including phenoxy) is 1. The number of carbonyl (C=O) groups excluding carboxylic acids is 1. The van der Waals surface area contributed by atoms with Crippen molar-refractivity contribution >= 4 is 23.5 Å². The molecule has 2 rings (SSSR count). The molecule has 0 heterocycles. The van der Waals surface area contributed by atoms with Gasteiger partial charge in [-0.25, -0.2) is 4.79 Å². The zero-order chi connectivity index (χ0) is 22.5. The van der Waals surface area contributed by atoms with E-state index in [-0.39, 0.29) is 12.0 Å². The van der Waals surface area contributed by atoms with Crippen LogP contribution in [-0.4, -0.2) is 40.6 Å². The number of hydrogen-bond acceptors (Lipinski definition) is 5. The van der Waals surface area contributed by atoms with Crippen molar-refractivity contribution in [2.45, 2.75) is 31.0 Å². The minimum Gasteiger partial charge on any atom is -0.479 e. The number of nitrogens with two attached hydrogens (primary N) is 1. The molecule has 0 unspecified atom stereocenters. The third-order valence-corrected chi connectivity index (χ3v) is 4.27. The van der Waals surface area contributed by atoms with E-state index >= 15 is 0 Å². The van der Waals surface area contributed by atoms with Crippen LogP contribution in [0.2, 0.25) is 5.02 Å². The highest BCUT2D eigenvalue weighted by molar-refractivity contribution is 6.30. The zero-order valence-corrected chi connectivity index (χ0v) is 16.0. The molecule has 0 aliphatic heterocycles. The van der Waals surface area contributed by atoms with Crippen molar-refractivity contribution in [3.8, 4) is 5.75 Å². The maximum atomic E-state index is 12.4. The molecule has 0 saturated carbocycles. The van der Waals surface area contributed by atoms with Crippen LogP contribution in [0.4, 0.5) is 13.2 Å². The summed E-state index contributed by atoms with van der Waals surface area (Å²) in [7, 11) is 0. The SMILES string of the molecule is N[C@H](Cc1ccc(Cl)cc1)[C@H](O)C(=O)N[C@@H](C(=O)O)c1cccc(OC(F)(F)F)c1. The zero-order valence-electron chi connectivity index (χ0n) is 15.3. The molecule has 0 saturated heterocycles. The number of aliphatic carboxylic acids is 1. The molecule has 0 fully saturated rings. The monoisotopic (exact) mass is 446 g/mol. The van der Waals surface area contributed by atoms with Gasteiger partial charge >= 0.3 is 12.3 Å². The molecule has 0 aromatic heterocycles. The van der Waals surface area contributed by atoms with Crippen LogP contribution in [-0.2, 0) is 16.0 Å². The Balaban J connectivity index is 2.10. The van der Waals surface area contributed by atoms with E-state index in [1.54, 1.807) is 24.3 Å². The number of aliphatic hydroxyl groups excluding tert-OH is 1. The number of hydrogen-bond donors (Lipinski definition) is 4. The Bertz CT molecular complexity index is 892. The van der Waals surface area contributed by atoms with Crippen LogP contribution in [0.3, 0.4) is 0 Å². The van der Waals surface area contributed by atoms with E-state index in [4.69, 9.17) is 17.3 Å². The molecule has 7 nitrogen and oxygen atoms in total. The number of rotatable bonds is 8. The Labute approximate surface area is 174 Å². The molecule has 3 atom stereocenters. The number of carboxylic acid groups (broad SMARTS) is 1. The average Bonchev–Trinajstić information content (AvgIpc) is 2.65. The fourth-order valence-corrected chi connectivity index (χ4v) is 2.73. The molecule has 162 valence electrons. The van der Waals surface area contributed by atoms with Gasteiger partial charge in [-0.1, -0.05) is 35.9 Å². The molecule has 1 amide bonds. The molecule has 5 N–H and O–H groups in total. The van der Waals surface area contributed by atoms with E-state index in [0.29, 0.717) is 10.6 Å². The van der Waals surface area contributed by atoms with E-state index in [1.807, 2.05) is 0 Å². The number of amides is 1. The third-order valence-electron chi connectivity index (χ3n) is 4.02. The number of carbonyl (C=O) groups is 2. The van der Waals surface area contributed by atoms with Crippen LogP contribution in [0.1, 0.15) is 17.2 Å². The van der Waals surface area contributed by atoms with E-state index in [2.05, 4.69) is 10.1 Å². The predicted octanol–water partition coefficient (Wildman–Crippen LogP) is 2.41. The van der Waals surface area contributed by atoms with Crippen molar-refractivity contribution in [2.24, 2.45) is 5.73 Å². The van der Waals surface area contributed by atoms with Gasteiger partial charge in [0.05, 0.1) is 0 Å². The second kappa shape index (κ2) is 9.79. The molecule has 0 radical (unpaired) electrons. The highest BCUT2D eigenvalue weighted by Crippen LogP contribution is 2.26. The predicted molar refractivity (Wildman–Crippen MR) is 101 cm³/mol. The molecule has 0 aliphatic rings. The Morgan fingerprint density at radius 2 is 1.80 bits per heavy atom. The van der Waals surface area contributed by atoms with Crippen LogP contribution >= 0.6 is 11.6 Å². The summed E-state index contributed by atoms with van der Waals surface area (Å²) in [5.41, 5.74) is 6.34. The summed E-state index contributed by atoms with van der Waals surface area (Å²) in [6, 6.07) is 7.86. The van der Waals surface area contributed by atoms with Crippen LogP contribution in [0.25, 0.3) is 0 Å². The van der Waals surface area contributed by atoms with Crippen LogP contribution in [0.5, 0.6) is 5.75 Å². The van der Waals surface area contributed by atoms with Crippen molar-refractivity contribution < 1.29 is 37.7 Å². The summed E-state index contributed by atoms with van der Waals surface area (Å²) in [6.45, 7) is 0. The number of benzene rings is 2. The van der Waals surface area contributed by atoms with Gasteiger partial charge in [-0.2, -0.15) is 0 Å². The molecule has 0 spiro atoms. The number of aliphatic hydroxyl groups is 1. The maximum absolute atomic E-state index is 12.4. The fraction of sp³-hybridized carbons (Fsp3) is 0.263. The summed E-state index contributed by atoms with van der Waals surface area (Å²) >= 11 is 5.78. The summed E-state index contributed by atoms with van der Waals surface area (Å²) in [6.07, 6.45) is -6.64. The molecule has 0 aliphatic carbocycles. The van der Waals surface area contributed by atoms with Gasteiger partial charge in [-0.15, -0.1) is 13.2 Å². The lowest BCUT2D eigenvalue weighted by Gasteiger charge is -2.22. The molecule has 11 heteroatoms. The van der Waals surface area contributed by atoms with Crippen molar-refractivity contribution in [3.05, 3.63) is 64.7 Å². The Morgan fingerprint density at radius 1 is 1.17 bits per heavy atom. The molecular formula is C19H18ClF3N2O5. The van der Waals surface area contributed by atoms with E-state index in [0.717, 1.165) is 18.2 Å². The van der Waals surface area contributed by atoms with E-state index in [9.17, 15) is 33.0 Å². The number of alkyl halides is 3. The first-order valence-electron chi connectivity index (χ1n) is 8.53. The van der Waals surface area contributed by atoms with E-state index in [1.165, 1.54) is 6.07 Å². The van der Waals surface area contributed by atoms with Gasteiger partial charge < -0.3 is 26.0 Å². The Kier molecular flexibility index (Phi) is 7.65. The molecule has 2 aromatic carbocycles. The van der Waals surface area contributed by atoms with Crippen molar-refractivity contribution in [1.82, 2.24) is 5.32 Å². The third kappa shape index (κ3) is 6.90. The second-order valence-electron chi connectivity index (χ2n) is 6.34. The van der Waals surface area contributed by atoms with Crippen LogP contribution in [0.15, 0.2) is 48.5 Å². The fourth-order valence-electron chi connectivity index (χ4n) is 2.61. The smallest absolute Gasteiger partial charge is 0.479 e. The molecule has 30 heavy (non-hydrogen) atoms. The topological polar surface area (TPSA) is 122 Å². The largest absolute Gasteiger partial charge is 0.573 e. The minimum absolute atomic E-state index is 0.0956. The minimum atomic E-state index is -4.97. The molecule has 2 aromatic rings. The lowest BCUT2D eigenvalue weighted by Crippen LogP contribution is -2.49. The van der Waals surface area contributed by atoms with Crippen molar-refractivity contribution in [1.29, 1.82) is 0 Å². The second-order valence-corrected chi connectivity index (χ2v) is 6.78. The van der Waals surface area contributed by atoms with Crippen molar-refractivity contribution in [3.63, 3.8) is 0 Å². The van der Waals surface area contributed by atoms with Gasteiger partial charge in [0.2, 0.25) is 0 Å². The first-order valence-corrected chi connectivity index (χ1v) is 8.91. The summed E-state index contributed by atoms with van der Waals surface area (Å²) < 4.78 is 40.9. The van der Waals surface area contributed by atoms with Crippen LogP contribution in [0, 0.1) is 0 Å². The van der Waals surface area contributed by atoms with E-state index < -0.39 is 42.2 Å². The summed E-state index contributed by atoms with van der Waals surface area (Å²) in [5.74, 6) is -3.29. The van der Waals surface area contributed by atoms with Gasteiger partial charge in [0.25, 0.3) is 5.91 Å². The standard InChI is InChI=1S/C19H18ClF3N2O5/c20-12-6-4-10(5-7-12)8-14(24)16(26)17(27)25-15(18(28)29)11-2-1-3-13(9-11)30-19(21,22)23/h1-7,9,14-16,26H,8,24H2,(H,25,27)(H,28,29)/t14-,15-,16+/m1/s1. The van der Waals surface area contributed by atoms with Gasteiger partial charge in [0, 0.05) is 11.1 Å². The quantitative estimate of drug-likeness (QED) is 0.494. The van der Waals surface area contributed by atoms with Gasteiger partial charge in [0.1, 0.15) is 11.9 Å². The normalized spacial score (nSPS) is 14.5. The van der Waals surface area contributed by atoms with Gasteiger partial charge in [-0.05, 0) is 41.8 Å². The highest BCUT2D eigenvalue weighted by Gasteiger charge is 2.32. The number of nitrogens with one attached hydrogen (secondary N) is 1. The average molecular weight is 447 g/mol.